The van der Waals surface area contributed by atoms with Gasteiger partial charge in [0.05, 0.1) is 6.33 Å². The highest BCUT2D eigenvalue weighted by Gasteiger charge is 1.98. The Labute approximate surface area is 122 Å². The molecule has 3 nitrogen and oxygen atoms in total. The molecule has 0 aliphatic rings. The smallest absolute Gasteiger partial charge is 0.0949 e. The van der Waals surface area contributed by atoms with E-state index in [4.69, 9.17) is 0 Å². The first kappa shape index (κ1) is 13.1. The lowest BCUT2D eigenvalue weighted by molar-refractivity contribution is 0.698. The standard InChI is InChI=1S/C16H17N3S/c1-3-14(10-18-11-16-5-2-8-20-16)9-15(4-1)12-19-7-6-17-13-19/h1-9,13,18H,10-12H2. The zero-order valence-corrected chi connectivity index (χ0v) is 12.0. The van der Waals surface area contributed by atoms with Crippen molar-refractivity contribution in [1.82, 2.24) is 14.9 Å². The lowest BCUT2D eigenvalue weighted by Gasteiger charge is -2.07. The van der Waals surface area contributed by atoms with Gasteiger partial charge in [-0.05, 0) is 22.6 Å². The Bertz CT molecular complexity index is 630. The minimum atomic E-state index is 0.874. The highest BCUT2D eigenvalue weighted by Crippen LogP contribution is 2.10. The molecule has 0 aliphatic heterocycles. The maximum absolute atomic E-state index is 4.07. The predicted molar refractivity (Wildman–Crippen MR) is 82.6 cm³/mol. The maximum Gasteiger partial charge on any atom is 0.0949 e. The van der Waals surface area contributed by atoms with Crippen molar-refractivity contribution in [2.45, 2.75) is 19.6 Å². The molecule has 0 atom stereocenters. The summed E-state index contributed by atoms with van der Waals surface area (Å²) in [5.74, 6) is 0. The van der Waals surface area contributed by atoms with Gasteiger partial charge in [-0.1, -0.05) is 30.3 Å². The van der Waals surface area contributed by atoms with E-state index in [2.05, 4.69) is 56.6 Å². The van der Waals surface area contributed by atoms with Crippen LogP contribution >= 0.6 is 11.3 Å². The van der Waals surface area contributed by atoms with Gasteiger partial charge in [0, 0.05) is 36.9 Å². The van der Waals surface area contributed by atoms with E-state index in [1.54, 1.807) is 11.3 Å². The summed E-state index contributed by atoms with van der Waals surface area (Å²) in [6.45, 7) is 2.71. The molecule has 0 unspecified atom stereocenters. The van der Waals surface area contributed by atoms with E-state index in [1.807, 2.05) is 18.7 Å². The fourth-order valence-electron chi connectivity index (χ4n) is 2.17. The Hall–Kier alpha value is -1.91. The number of imidazole rings is 1. The molecular weight excluding hydrogens is 266 g/mol. The quantitative estimate of drug-likeness (QED) is 0.752. The van der Waals surface area contributed by atoms with E-state index in [9.17, 15) is 0 Å². The largest absolute Gasteiger partial charge is 0.333 e. The van der Waals surface area contributed by atoms with Gasteiger partial charge in [0.25, 0.3) is 0 Å². The van der Waals surface area contributed by atoms with Gasteiger partial charge in [-0.15, -0.1) is 11.3 Å². The second-order valence-electron chi connectivity index (χ2n) is 4.74. The van der Waals surface area contributed by atoms with Crippen LogP contribution in [-0.2, 0) is 19.6 Å². The number of benzene rings is 1. The molecule has 3 aromatic rings. The SMILES string of the molecule is c1cc(CNCc2cccs2)cc(Cn2ccnc2)c1. The fourth-order valence-corrected chi connectivity index (χ4v) is 2.85. The molecule has 0 spiro atoms. The highest BCUT2D eigenvalue weighted by molar-refractivity contribution is 7.09. The molecular formula is C16H17N3S. The first-order valence-corrected chi connectivity index (χ1v) is 7.55. The summed E-state index contributed by atoms with van der Waals surface area (Å²) in [5, 5.41) is 5.60. The molecule has 2 heterocycles. The number of hydrogen-bond acceptors (Lipinski definition) is 3. The average Bonchev–Trinajstić information content (AvgIpc) is 3.13. The third kappa shape index (κ3) is 3.56. The van der Waals surface area contributed by atoms with E-state index in [1.165, 1.54) is 16.0 Å². The van der Waals surface area contributed by atoms with Crippen molar-refractivity contribution in [3.63, 3.8) is 0 Å². The van der Waals surface area contributed by atoms with E-state index >= 15 is 0 Å². The molecule has 102 valence electrons. The van der Waals surface area contributed by atoms with Gasteiger partial charge in [-0.2, -0.15) is 0 Å². The lowest BCUT2D eigenvalue weighted by atomic mass is 10.1. The summed E-state index contributed by atoms with van der Waals surface area (Å²) in [6.07, 6.45) is 5.65. The second kappa shape index (κ2) is 6.50. The highest BCUT2D eigenvalue weighted by atomic mass is 32.1. The topological polar surface area (TPSA) is 29.9 Å². The molecule has 4 heteroatoms. The van der Waals surface area contributed by atoms with Crippen LogP contribution in [0.25, 0.3) is 0 Å². The minimum absolute atomic E-state index is 0.874. The number of thiophene rings is 1. The Balaban J connectivity index is 1.56. The normalized spacial score (nSPS) is 10.8. The first-order valence-electron chi connectivity index (χ1n) is 6.67. The Morgan fingerprint density at radius 3 is 2.85 bits per heavy atom. The van der Waals surface area contributed by atoms with Gasteiger partial charge < -0.3 is 9.88 Å². The van der Waals surface area contributed by atoms with Crippen molar-refractivity contribution in [2.75, 3.05) is 0 Å². The average molecular weight is 283 g/mol. The van der Waals surface area contributed by atoms with Crippen LogP contribution in [0.3, 0.4) is 0 Å². The molecule has 0 saturated carbocycles. The minimum Gasteiger partial charge on any atom is -0.333 e. The van der Waals surface area contributed by atoms with E-state index in [0.717, 1.165) is 19.6 Å². The number of nitrogens with one attached hydrogen (secondary N) is 1. The van der Waals surface area contributed by atoms with Gasteiger partial charge in [0.15, 0.2) is 0 Å². The zero-order valence-electron chi connectivity index (χ0n) is 11.2. The van der Waals surface area contributed by atoms with Crippen LogP contribution in [-0.4, -0.2) is 9.55 Å². The molecule has 1 aromatic carbocycles. The monoisotopic (exact) mass is 283 g/mol. The molecule has 0 aliphatic carbocycles. The van der Waals surface area contributed by atoms with E-state index < -0.39 is 0 Å². The van der Waals surface area contributed by atoms with Crippen LogP contribution in [0, 0.1) is 0 Å². The Morgan fingerprint density at radius 2 is 2.05 bits per heavy atom. The van der Waals surface area contributed by atoms with E-state index in [-0.39, 0.29) is 0 Å². The zero-order chi connectivity index (χ0) is 13.6. The van der Waals surface area contributed by atoms with Crippen LogP contribution in [0.2, 0.25) is 0 Å². The van der Waals surface area contributed by atoms with Crippen molar-refractivity contribution >= 4 is 11.3 Å². The van der Waals surface area contributed by atoms with Crippen molar-refractivity contribution in [1.29, 1.82) is 0 Å². The molecule has 0 bridgehead atoms. The van der Waals surface area contributed by atoms with Crippen molar-refractivity contribution in [2.24, 2.45) is 0 Å². The predicted octanol–water partition coefficient (Wildman–Crippen LogP) is 3.28. The number of hydrogen-bond donors (Lipinski definition) is 1. The van der Waals surface area contributed by atoms with Gasteiger partial charge in [-0.3, -0.25) is 0 Å². The van der Waals surface area contributed by atoms with Gasteiger partial charge >= 0.3 is 0 Å². The number of rotatable bonds is 6. The molecule has 0 fully saturated rings. The van der Waals surface area contributed by atoms with Crippen molar-refractivity contribution < 1.29 is 0 Å². The molecule has 0 amide bonds. The molecule has 1 N–H and O–H groups in total. The Morgan fingerprint density at radius 1 is 1.10 bits per heavy atom. The molecule has 0 radical (unpaired) electrons. The summed E-state index contributed by atoms with van der Waals surface area (Å²) in [4.78, 5) is 5.45. The number of aromatic nitrogens is 2. The third-order valence-electron chi connectivity index (χ3n) is 3.12. The summed E-state index contributed by atoms with van der Waals surface area (Å²) in [6, 6.07) is 12.9. The molecule has 0 saturated heterocycles. The van der Waals surface area contributed by atoms with Crippen LogP contribution in [0.1, 0.15) is 16.0 Å². The fraction of sp³-hybridized carbons (Fsp3) is 0.188. The molecule has 3 rings (SSSR count). The second-order valence-corrected chi connectivity index (χ2v) is 5.77. The van der Waals surface area contributed by atoms with Gasteiger partial charge in [0.2, 0.25) is 0 Å². The lowest BCUT2D eigenvalue weighted by Crippen LogP contribution is -2.12. The molecule has 20 heavy (non-hydrogen) atoms. The maximum atomic E-state index is 4.07. The van der Waals surface area contributed by atoms with Crippen LogP contribution in [0.5, 0.6) is 0 Å². The van der Waals surface area contributed by atoms with E-state index in [0.29, 0.717) is 0 Å². The van der Waals surface area contributed by atoms with Crippen molar-refractivity contribution in [3.05, 3.63) is 76.5 Å². The van der Waals surface area contributed by atoms with Crippen molar-refractivity contribution in [3.8, 4) is 0 Å². The first-order chi connectivity index (χ1) is 9.90. The van der Waals surface area contributed by atoms with Gasteiger partial charge in [-0.25, -0.2) is 4.98 Å². The summed E-state index contributed by atoms with van der Waals surface area (Å²) in [5.41, 5.74) is 2.62. The van der Waals surface area contributed by atoms with Crippen LogP contribution < -0.4 is 5.32 Å². The number of nitrogens with zero attached hydrogens (tertiary/aromatic N) is 2. The van der Waals surface area contributed by atoms with Gasteiger partial charge in [0.1, 0.15) is 0 Å². The summed E-state index contributed by atoms with van der Waals surface area (Å²) >= 11 is 1.79. The summed E-state index contributed by atoms with van der Waals surface area (Å²) in [7, 11) is 0. The summed E-state index contributed by atoms with van der Waals surface area (Å²) < 4.78 is 2.08. The van der Waals surface area contributed by atoms with Crippen LogP contribution in [0.4, 0.5) is 0 Å². The third-order valence-corrected chi connectivity index (χ3v) is 4.00. The molecule has 2 aromatic heterocycles. The van der Waals surface area contributed by atoms with Crippen LogP contribution in [0.15, 0.2) is 60.5 Å². The Kier molecular flexibility index (Phi) is 4.25.